The standard InChI is InChI=1S/C22H24Cl4N2O2S/c1-3-20(22(30)27-4-2)28(11-14-5-8-17(24)19(26)9-14)21(29)13-31-12-15-6-7-16(23)10-18(15)25/h5-10,20H,3-4,11-13H2,1-2H3,(H,27,30)/t20-/m1/s1. The first-order valence-electron chi connectivity index (χ1n) is 9.79. The molecule has 31 heavy (non-hydrogen) atoms. The molecule has 0 unspecified atom stereocenters. The van der Waals surface area contributed by atoms with Gasteiger partial charge in [0.15, 0.2) is 0 Å². The minimum absolute atomic E-state index is 0.140. The van der Waals surface area contributed by atoms with Crippen LogP contribution >= 0.6 is 58.2 Å². The fourth-order valence-corrected chi connectivity index (χ4v) is 4.81. The van der Waals surface area contributed by atoms with Crippen molar-refractivity contribution < 1.29 is 9.59 Å². The van der Waals surface area contributed by atoms with Crippen LogP contribution in [0.3, 0.4) is 0 Å². The fraction of sp³-hybridized carbons (Fsp3) is 0.364. The number of hydrogen-bond donors (Lipinski definition) is 1. The van der Waals surface area contributed by atoms with Gasteiger partial charge in [-0.1, -0.05) is 65.5 Å². The molecule has 168 valence electrons. The Hall–Kier alpha value is -1.11. The van der Waals surface area contributed by atoms with Crippen LogP contribution in [0.4, 0.5) is 0 Å². The van der Waals surface area contributed by atoms with Gasteiger partial charge in [-0.05, 0) is 48.7 Å². The summed E-state index contributed by atoms with van der Waals surface area (Å²) in [5.41, 5.74) is 1.70. The number of carbonyl (C=O) groups is 2. The van der Waals surface area contributed by atoms with Gasteiger partial charge in [-0.3, -0.25) is 9.59 Å². The van der Waals surface area contributed by atoms with Crippen molar-refractivity contribution in [2.75, 3.05) is 12.3 Å². The number of carbonyl (C=O) groups excluding carboxylic acids is 2. The highest BCUT2D eigenvalue weighted by Crippen LogP contribution is 2.26. The minimum Gasteiger partial charge on any atom is -0.355 e. The molecule has 0 heterocycles. The summed E-state index contributed by atoms with van der Waals surface area (Å²) < 4.78 is 0. The van der Waals surface area contributed by atoms with Crippen molar-refractivity contribution in [2.45, 2.75) is 38.6 Å². The molecule has 9 heteroatoms. The third-order valence-electron chi connectivity index (χ3n) is 4.57. The molecule has 1 N–H and O–H groups in total. The van der Waals surface area contributed by atoms with E-state index in [4.69, 9.17) is 46.4 Å². The summed E-state index contributed by atoms with van der Waals surface area (Å²) in [6.07, 6.45) is 0.493. The number of halogens is 4. The van der Waals surface area contributed by atoms with Gasteiger partial charge >= 0.3 is 0 Å². The van der Waals surface area contributed by atoms with E-state index in [0.717, 1.165) is 11.1 Å². The number of thioether (sulfide) groups is 1. The fourth-order valence-electron chi connectivity index (χ4n) is 3.02. The van der Waals surface area contributed by atoms with Crippen LogP contribution in [0.2, 0.25) is 20.1 Å². The van der Waals surface area contributed by atoms with Gasteiger partial charge in [0, 0.05) is 28.9 Å². The summed E-state index contributed by atoms with van der Waals surface area (Å²) in [7, 11) is 0. The Morgan fingerprint density at radius 1 is 1.00 bits per heavy atom. The van der Waals surface area contributed by atoms with E-state index in [9.17, 15) is 9.59 Å². The summed E-state index contributed by atoms with van der Waals surface area (Å²) in [5, 5.41) is 4.79. The second-order valence-electron chi connectivity index (χ2n) is 6.82. The SMILES string of the molecule is CCNC(=O)[C@@H](CC)N(Cc1ccc(Cl)c(Cl)c1)C(=O)CSCc1ccc(Cl)cc1Cl. The van der Waals surface area contributed by atoms with Crippen LogP contribution in [0.25, 0.3) is 0 Å². The number of amides is 2. The van der Waals surface area contributed by atoms with E-state index >= 15 is 0 Å². The molecule has 0 radical (unpaired) electrons. The van der Waals surface area contributed by atoms with E-state index in [-0.39, 0.29) is 24.1 Å². The van der Waals surface area contributed by atoms with E-state index in [1.54, 1.807) is 35.2 Å². The molecule has 2 aromatic carbocycles. The molecule has 0 saturated heterocycles. The van der Waals surface area contributed by atoms with Gasteiger partial charge in [-0.2, -0.15) is 0 Å². The maximum atomic E-state index is 13.1. The average molecular weight is 522 g/mol. The molecule has 0 aliphatic heterocycles. The summed E-state index contributed by atoms with van der Waals surface area (Å²) in [6, 6.07) is 9.92. The number of rotatable bonds is 10. The Labute approximate surface area is 207 Å². The van der Waals surface area contributed by atoms with Crippen molar-refractivity contribution in [2.24, 2.45) is 0 Å². The van der Waals surface area contributed by atoms with Crippen LogP contribution in [-0.2, 0) is 21.9 Å². The molecule has 0 aliphatic carbocycles. The maximum absolute atomic E-state index is 13.1. The van der Waals surface area contributed by atoms with Crippen LogP contribution in [0, 0.1) is 0 Å². The lowest BCUT2D eigenvalue weighted by atomic mass is 10.1. The highest BCUT2D eigenvalue weighted by Gasteiger charge is 2.28. The smallest absolute Gasteiger partial charge is 0.242 e. The third kappa shape index (κ3) is 7.76. The van der Waals surface area contributed by atoms with Gasteiger partial charge < -0.3 is 10.2 Å². The van der Waals surface area contributed by atoms with Crippen LogP contribution < -0.4 is 5.32 Å². The Kier molecular flexibility index (Phi) is 10.8. The third-order valence-corrected chi connectivity index (χ3v) is 6.86. The van der Waals surface area contributed by atoms with E-state index in [1.807, 2.05) is 19.9 Å². The molecule has 0 fully saturated rings. The zero-order valence-corrected chi connectivity index (χ0v) is 21.1. The molecule has 0 saturated carbocycles. The van der Waals surface area contributed by atoms with Gasteiger partial charge in [-0.25, -0.2) is 0 Å². The number of nitrogens with one attached hydrogen (secondary N) is 1. The number of nitrogens with zero attached hydrogens (tertiary/aromatic N) is 1. The van der Waals surface area contributed by atoms with Gasteiger partial charge in [0.1, 0.15) is 6.04 Å². The lowest BCUT2D eigenvalue weighted by Crippen LogP contribution is -2.49. The first kappa shape index (κ1) is 26.1. The van der Waals surface area contributed by atoms with Crippen molar-refractivity contribution in [3.05, 3.63) is 67.6 Å². The number of likely N-dealkylation sites (N-methyl/N-ethyl adjacent to an activating group) is 1. The van der Waals surface area contributed by atoms with E-state index in [1.165, 1.54) is 11.8 Å². The van der Waals surface area contributed by atoms with Crippen molar-refractivity contribution in [3.63, 3.8) is 0 Å². The highest BCUT2D eigenvalue weighted by molar-refractivity contribution is 7.99. The first-order chi connectivity index (χ1) is 14.8. The Morgan fingerprint density at radius 2 is 1.74 bits per heavy atom. The summed E-state index contributed by atoms with van der Waals surface area (Å²) in [5.74, 6) is 0.444. The van der Waals surface area contributed by atoms with Crippen molar-refractivity contribution in [1.29, 1.82) is 0 Å². The molecule has 4 nitrogen and oxygen atoms in total. The highest BCUT2D eigenvalue weighted by atomic mass is 35.5. The maximum Gasteiger partial charge on any atom is 0.242 e. The van der Waals surface area contributed by atoms with Crippen LogP contribution in [0.5, 0.6) is 0 Å². The van der Waals surface area contributed by atoms with Crippen molar-refractivity contribution in [1.82, 2.24) is 10.2 Å². The molecular weight excluding hydrogens is 498 g/mol. The van der Waals surface area contributed by atoms with Crippen LogP contribution in [0.15, 0.2) is 36.4 Å². The molecule has 0 aromatic heterocycles. The zero-order chi connectivity index (χ0) is 23.0. The first-order valence-corrected chi connectivity index (χ1v) is 12.5. The zero-order valence-electron chi connectivity index (χ0n) is 17.3. The summed E-state index contributed by atoms with van der Waals surface area (Å²) >= 11 is 25.7. The second-order valence-corrected chi connectivity index (χ2v) is 9.46. The molecule has 2 rings (SSSR count). The van der Waals surface area contributed by atoms with E-state index in [0.29, 0.717) is 38.8 Å². The van der Waals surface area contributed by atoms with Gasteiger partial charge in [-0.15, -0.1) is 11.8 Å². The average Bonchev–Trinajstić information content (AvgIpc) is 2.72. The Bertz CT molecular complexity index is 926. The molecule has 1 atom stereocenters. The summed E-state index contributed by atoms with van der Waals surface area (Å²) in [6.45, 7) is 4.48. The molecular formula is C22H24Cl4N2O2S. The predicted molar refractivity (Wildman–Crippen MR) is 132 cm³/mol. The molecule has 0 spiro atoms. The molecule has 0 bridgehead atoms. The molecule has 2 amide bonds. The molecule has 0 aliphatic rings. The minimum atomic E-state index is -0.582. The quantitative estimate of drug-likeness (QED) is 0.389. The number of benzene rings is 2. The Morgan fingerprint density at radius 3 is 2.35 bits per heavy atom. The predicted octanol–water partition coefficient (Wildman–Crippen LogP) is 6.48. The van der Waals surface area contributed by atoms with Crippen LogP contribution in [-0.4, -0.2) is 35.1 Å². The topological polar surface area (TPSA) is 49.4 Å². The second kappa shape index (κ2) is 12.8. The van der Waals surface area contributed by atoms with Gasteiger partial charge in [0.25, 0.3) is 0 Å². The Balaban J connectivity index is 2.15. The van der Waals surface area contributed by atoms with E-state index in [2.05, 4.69) is 5.32 Å². The van der Waals surface area contributed by atoms with Crippen molar-refractivity contribution in [3.8, 4) is 0 Å². The normalized spacial score (nSPS) is 11.8. The largest absolute Gasteiger partial charge is 0.355 e. The summed E-state index contributed by atoms with van der Waals surface area (Å²) in [4.78, 5) is 27.4. The number of hydrogen-bond acceptors (Lipinski definition) is 3. The van der Waals surface area contributed by atoms with Gasteiger partial charge in [0.2, 0.25) is 11.8 Å². The molecule has 2 aromatic rings. The lowest BCUT2D eigenvalue weighted by Gasteiger charge is -2.30. The van der Waals surface area contributed by atoms with Crippen LogP contribution in [0.1, 0.15) is 31.4 Å². The van der Waals surface area contributed by atoms with E-state index < -0.39 is 6.04 Å². The lowest BCUT2D eigenvalue weighted by molar-refractivity contribution is -0.139. The monoisotopic (exact) mass is 520 g/mol. The van der Waals surface area contributed by atoms with Crippen molar-refractivity contribution >= 4 is 70.0 Å². The van der Waals surface area contributed by atoms with Gasteiger partial charge in [0.05, 0.1) is 15.8 Å².